The lowest BCUT2D eigenvalue weighted by molar-refractivity contribution is 0.733. The minimum atomic E-state index is -0.106. The van der Waals surface area contributed by atoms with E-state index in [0.29, 0.717) is 5.92 Å². The van der Waals surface area contributed by atoms with Crippen LogP contribution in [-0.4, -0.2) is 0 Å². The Morgan fingerprint density at radius 2 is 1.70 bits per heavy atom. The fraction of sp³-hybridized carbons (Fsp3) is 0.294. The number of hydrogen-bond donors (Lipinski definition) is 0. The van der Waals surface area contributed by atoms with Gasteiger partial charge in [-0.25, -0.2) is 0 Å². The molecule has 0 aliphatic rings. The van der Waals surface area contributed by atoms with Crippen molar-refractivity contribution in [2.75, 3.05) is 0 Å². The highest BCUT2D eigenvalue weighted by atomic mass is 127. The lowest BCUT2D eigenvalue weighted by atomic mass is 9.96. The van der Waals surface area contributed by atoms with E-state index in [1.165, 1.54) is 9.13 Å². The van der Waals surface area contributed by atoms with Crippen LogP contribution in [0.15, 0.2) is 46.9 Å². The third kappa shape index (κ3) is 3.77. The van der Waals surface area contributed by atoms with Gasteiger partial charge in [-0.2, -0.15) is 0 Å². The monoisotopic (exact) mass is 462 g/mol. The average Bonchev–Trinajstić information content (AvgIpc) is 2.48. The van der Waals surface area contributed by atoms with Gasteiger partial charge in [0.05, 0.1) is 5.38 Å². The van der Waals surface area contributed by atoms with E-state index < -0.39 is 0 Å². The van der Waals surface area contributed by atoms with Crippen LogP contribution in [0.1, 0.15) is 48.3 Å². The minimum absolute atomic E-state index is 0.106. The molecule has 3 heteroatoms. The molecule has 0 nitrogen and oxygen atoms in total. The molecular formula is C17H17BrClI. The van der Waals surface area contributed by atoms with Gasteiger partial charge >= 0.3 is 0 Å². The molecule has 0 saturated carbocycles. The van der Waals surface area contributed by atoms with Gasteiger partial charge in [-0.1, -0.05) is 54.0 Å². The highest BCUT2D eigenvalue weighted by Gasteiger charge is 2.15. The van der Waals surface area contributed by atoms with Crippen molar-refractivity contribution in [3.05, 3.63) is 67.2 Å². The van der Waals surface area contributed by atoms with Gasteiger partial charge in [0.15, 0.2) is 0 Å². The Bertz CT molecular complexity index is 580. The van der Waals surface area contributed by atoms with Crippen LogP contribution in [0.4, 0.5) is 0 Å². The average molecular weight is 464 g/mol. The molecule has 0 bridgehead atoms. The van der Waals surface area contributed by atoms with Crippen LogP contribution in [-0.2, 0) is 0 Å². The van der Waals surface area contributed by atoms with E-state index in [1.807, 2.05) is 6.07 Å². The van der Waals surface area contributed by atoms with E-state index >= 15 is 0 Å². The standard InChI is InChI=1S/C17H17BrClI/c1-3-11(2)12-4-6-13(7-5-12)17(19)15-10-14(18)8-9-16(15)20/h4-11,17H,3H2,1-2H3. The first kappa shape index (κ1) is 16.3. The van der Waals surface area contributed by atoms with Gasteiger partial charge in [-0.15, -0.1) is 11.6 Å². The van der Waals surface area contributed by atoms with Crippen molar-refractivity contribution in [1.29, 1.82) is 0 Å². The molecule has 2 aromatic rings. The molecule has 2 unspecified atom stereocenters. The molecule has 20 heavy (non-hydrogen) atoms. The fourth-order valence-corrected chi connectivity index (χ4v) is 3.65. The topological polar surface area (TPSA) is 0 Å². The van der Waals surface area contributed by atoms with E-state index in [2.05, 4.69) is 88.8 Å². The zero-order chi connectivity index (χ0) is 14.7. The summed E-state index contributed by atoms with van der Waals surface area (Å²) in [5.74, 6) is 0.601. The van der Waals surface area contributed by atoms with Gasteiger partial charge < -0.3 is 0 Å². The fourth-order valence-electron chi connectivity index (χ4n) is 2.12. The van der Waals surface area contributed by atoms with E-state index in [4.69, 9.17) is 11.6 Å². The Morgan fingerprint density at radius 1 is 1.10 bits per heavy atom. The molecule has 0 fully saturated rings. The van der Waals surface area contributed by atoms with Crippen molar-refractivity contribution in [3.63, 3.8) is 0 Å². The lowest BCUT2D eigenvalue weighted by Crippen LogP contribution is -1.98. The summed E-state index contributed by atoms with van der Waals surface area (Å²) in [6.07, 6.45) is 1.16. The Hall–Kier alpha value is -0.0600. The van der Waals surface area contributed by atoms with Gasteiger partial charge in [0.2, 0.25) is 0 Å². The Balaban J connectivity index is 2.29. The van der Waals surface area contributed by atoms with Crippen molar-refractivity contribution >= 4 is 50.1 Å². The van der Waals surface area contributed by atoms with Gasteiger partial charge in [0, 0.05) is 8.04 Å². The molecule has 0 saturated heterocycles. The maximum atomic E-state index is 6.65. The summed E-state index contributed by atoms with van der Waals surface area (Å²) in [5.41, 5.74) is 3.68. The summed E-state index contributed by atoms with van der Waals surface area (Å²) in [7, 11) is 0. The van der Waals surface area contributed by atoms with Gasteiger partial charge in [-0.05, 0) is 69.8 Å². The normalized spacial score (nSPS) is 14.1. The predicted octanol–water partition coefficient (Wildman–Crippen LogP) is 6.90. The second kappa shape index (κ2) is 7.28. The van der Waals surface area contributed by atoms with Crippen LogP contribution < -0.4 is 0 Å². The smallest absolute Gasteiger partial charge is 0.0846 e. The Kier molecular flexibility index (Phi) is 5.94. The van der Waals surface area contributed by atoms with Gasteiger partial charge in [-0.3, -0.25) is 0 Å². The summed E-state index contributed by atoms with van der Waals surface area (Å²) in [6, 6.07) is 14.9. The second-order valence-corrected chi connectivity index (χ2v) is 7.52. The molecule has 2 aromatic carbocycles. The quantitative estimate of drug-likeness (QED) is 0.342. The van der Waals surface area contributed by atoms with Crippen LogP contribution in [0.3, 0.4) is 0 Å². The third-order valence-electron chi connectivity index (χ3n) is 3.64. The SMILES string of the molecule is CCC(C)c1ccc(C(Cl)c2cc(Br)ccc2I)cc1. The van der Waals surface area contributed by atoms with Gasteiger partial charge in [0.25, 0.3) is 0 Å². The van der Waals surface area contributed by atoms with Crippen LogP contribution >= 0.6 is 50.1 Å². The predicted molar refractivity (Wildman–Crippen MR) is 99.7 cm³/mol. The highest BCUT2D eigenvalue weighted by molar-refractivity contribution is 14.1. The maximum absolute atomic E-state index is 6.65. The van der Waals surface area contributed by atoms with E-state index in [9.17, 15) is 0 Å². The number of rotatable bonds is 4. The van der Waals surface area contributed by atoms with Crippen LogP contribution in [0.25, 0.3) is 0 Å². The molecule has 2 atom stereocenters. The van der Waals surface area contributed by atoms with Crippen molar-refractivity contribution in [2.45, 2.75) is 31.6 Å². The van der Waals surface area contributed by atoms with Crippen LogP contribution in [0.2, 0.25) is 0 Å². The molecule has 0 radical (unpaired) electrons. The first-order valence-electron chi connectivity index (χ1n) is 6.71. The molecule has 0 amide bonds. The number of benzene rings is 2. The number of hydrogen-bond acceptors (Lipinski definition) is 0. The molecule has 0 aliphatic heterocycles. The zero-order valence-corrected chi connectivity index (χ0v) is 16.0. The van der Waals surface area contributed by atoms with Crippen LogP contribution in [0, 0.1) is 3.57 Å². The summed E-state index contributed by atoms with van der Waals surface area (Å²) < 4.78 is 2.26. The molecule has 0 aliphatic carbocycles. The summed E-state index contributed by atoms with van der Waals surface area (Å²) >= 11 is 12.5. The van der Waals surface area contributed by atoms with E-state index in [1.54, 1.807) is 0 Å². The van der Waals surface area contributed by atoms with E-state index in [-0.39, 0.29) is 5.38 Å². The molecule has 0 spiro atoms. The largest absolute Gasteiger partial charge is 0.113 e. The zero-order valence-electron chi connectivity index (χ0n) is 11.5. The minimum Gasteiger partial charge on any atom is -0.113 e. The molecule has 0 heterocycles. The van der Waals surface area contributed by atoms with Crippen LogP contribution in [0.5, 0.6) is 0 Å². The second-order valence-electron chi connectivity index (χ2n) is 5.00. The summed E-state index contributed by atoms with van der Waals surface area (Å²) in [4.78, 5) is 0. The summed E-state index contributed by atoms with van der Waals surface area (Å²) in [6.45, 7) is 4.47. The molecule has 106 valence electrons. The first-order valence-corrected chi connectivity index (χ1v) is 9.02. The van der Waals surface area contributed by atoms with Gasteiger partial charge in [0.1, 0.15) is 0 Å². The van der Waals surface area contributed by atoms with Crippen molar-refractivity contribution < 1.29 is 0 Å². The van der Waals surface area contributed by atoms with Crippen molar-refractivity contribution in [1.82, 2.24) is 0 Å². The lowest BCUT2D eigenvalue weighted by Gasteiger charge is -2.15. The maximum Gasteiger partial charge on any atom is 0.0846 e. The highest BCUT2D eigenvalue weighted by Crippen LogP contribution is 2.34. The Morgan fingerprint density at radius 3 is 2.30 bits per heavy atom. The first-order chi connectivity index (χ1) is 9.52. The molecule has 0 N–H and O–H groups in total. The third-order valence-corrected chi connectivity index (χ3v) is 5.60. The molecule has 0 aromatic heterocycles. The Labute approximate surface area is 148 Å². The summed E-state index contributed by atoms with van der Waals surface area (Å²) in [5, 5.41) is -0.106. The molecule has 2 rings (SSSR count). The van der Waals surface area contributed by atoms with Crippen molar-refractivity contribution in [2.24, 2.45) is 0 Å². The number of halogens is 3. The van der Waals surface area contributed by atoms with Crippen molar-refractivity contribution in [3.8, 4) is 0 Å². The molecular weight excluding hydrogens is 446 g/mol. The number of alkyl halides is 1. The van der Waals surface area contributed by atoms with E-state index in [0.717, 1.165) is 22.0 Å².